The van der Waals surface area contributed by atoms with Crippen molar-refractivity contribution in [3.05, 3.63) is 35.5 Å². The van der Waals surface area contributed by atoms with E-state index in [4.69, 9.17) is 9.72 Å². The van der Waals surface area contributed by atoms with Gasteiger partial charge >= 0.3 is 6.01 Å². The van der Waals surface area contributed by atoms with Crippen LogP contribution in [0.15, 0.2) is 18.3 Å². The highest BCUT2D eigenvalue weighted by Crippen LogP contribution is 2.47. The lowest BCUT2D eigenvalue weighted by Gasteiger charge is -2.46. The number of hydrogen-bond donors (Lipinski definition) is 2. The predicted octanol–water partition coefficient (Wildman–Crippen LogP) is 4.45. The van der Waals surface area contributed by atoms with Crippen LogP contribution in [0.1, 0.15) is 56.4 Å². The van der Waals surface area contributed by atoms with Crippen LogP contribution in [-0.4, -0.2) is 81.5 Å². The van der Waals surface area contributed by atoms with E-state index >= 15 is 4.39 Å². The number of phenolic OH excluding ortho intramolecular Hbond substituents is 1. The fourth-order valence-corrected chi connectivity index (χ4v) is 7.70. The molecule has 5 aliphatic heterocycles. The van der Waals surface area contributed by atoms with Gasteiger partial charge in [0, 0.05) is 61.5 Å². The van der Waals surface area contributed by atoms with Gasteiger partial charge in [0.1, 0.15) is 41.4 Å². The Hall–Kier alpha value is -3.18. The van der Waals surface area contributed by atoms with E-state index in [1.54, 1.807) is 6.20 Å². The average Bonchev–Trinajstić information content (AvgIpc) is 3.65. The molecular formula is C30H33F3N6O2. The van der Waals surface area contributed by atoms with Crippen molar-refractivity contribution >= 4 is 16.7 Å². The number of phenols is 1. The summed E-state index contributed by atoms with van der Waals surface area (Å²) in [6.07, 6.45) is 6.57. The number of aromatic nitrogens is 3. The van der Waals surface area contributed by atoms with Gasteiger partial charge in [-0.05, 0) is 57.1 Å². The summed E-state index contributed by atoms with van der Waals surface area (Å²) in [6.45, 7) is 3.01. The highest BCUT2D eigenvalue weighted by molar-refractivity contribution is 5.92. The van der Waals surface area contributed by atoms with Gasteiger partial charge in [0.2, 0.25) is 0 Å². The molecule has 2 N–H and O–H groups in total. The molecule has 6 fully saturated rings. The summed E-state index contributed by atoms with van der Waals surface area (Å²) in [5, 5.41) is 14.2. The molecule has 4 atom stereocenters. The van der Waals surface area contributed by atoms with Crippen molar-refractivity contribution in [2.75, 3.05) is 37.7 Å². The van der Waals surface area contributed by atoms with Crippen molar-refractivity contribution in [1.82, 2.24) is 25.2 Å². The van der Waals surface area contributed by atoms with Crippen LogP contribution in [0.25, 0.3) is 22.2 Å². The van der Waals surface area contributed by atoms with Gasteiger partial charge in [-0.25, -0.2) is 13.2 Å². The first-order chi connectivity index (χ1) is 19.9. The monoisotopic (exact) mass is 566 g/mol. The van der Waals surface area contributed by atoms with Crippen molar-refractivity contribution in [3.8, 4) is 23.0 Å². The Bertz CT molecular complexity index is 1530. The first-order valence-electron chi connectivity index (χ1n) is 14.8. The number of piperidine rings is 2. The molecule has 8 nitrogen and oxygen atoms in total. The van der Waals surface area contributed by atoms with Crippen molar-refractivity contribution < 1.29 is 23.0 Å². The lowest BCUT2D eigenvalue weighted by atomic mass is 9.93. The number of hydrogen-bond acceptors (Lipinski definition) is 8. The molecule has 1 aromatic carbocycles. The minimum atomic E-state index is -0.891. The zero-order valence-electron chi connectivity index (χ0n) is 22.8. The predicted molar refractivity (Wildman–Crippen MR) is 147 cm³/mol. The van der Waals surface area contributed by atoms with Gasteiger partial charge in [-0.3, -0.25) is 9.88 Å². The largest absolute Gasteiger partial charge is 0.508 e. The maximum atomic E-state index is 16.5. The van der Waals surface area contributed by atoms with E-state index in [9.17, 15) is 13.9 Å². The summed E-state index contributed by atoms with van der Waals surface area (Å²) in [5.41, 5.74) is 0.218. The van der Waals surface area contributed by atoms with Crippen LogP contribution >= 0.6 is 0 Å². The number of alkyl halides is 1. The Morgan fingerprint density at radius 1 is 1.12 bits per heavy atom. The van der Waals surface area contributed by atoms with E-state index < -0.39 is 23.3 Å². The highest BCUT2D eigenvalue weighted by atomic mass is 19.1. The van der Waals surface area contributed by atoms with Gasteiger partial charge in [-0.2, -0.15) is 9.97 Å². The number of piperazine rings is 1. The summed E-state index contributed by atoms with van der Waals surface area (Å²) in [7, 11) is 0. The van der Waals surface area contributed by atoms with Crippen LogP contribution in [0, 0.1) is 11.6 Å². The fourth-order valence-electron chi connectivity index (χ4n) is 7.70. The number of nitrogens with one attached hydrogen (secondary N) is 1. The first kappa shape index (κ1) is 25.5. The van der Waals surface area contributed by atoms with Crippen LogP contribution < -0.4 is 15.0 Å². The third-order valence-electron chi connectivity index (χ3n) is 9.85. The van der Waals surface area contributed by atoms with E-state index in [-0.39, 0.29) is 47.1 Å². The number of pyridine rings is 1. The second-order valence-electron chi connectivity index (χ2n) is 12.5. The number of benzene rings is 1. The van der Waals surface area contributed by atoms with Crippen molar-refractivity contribution in [2.45, 2.75) is 74.7 Å². The molecule has 6 aliphatic rings. The Kier molecular flexibility index (Phi) is 5.86. The molecule has 2 aromatic heterocycles. The Balaban J connectivity index is 1.24. The summed E-state index contributed by atoms with van der Waals surface area (Å²) < 4.78 is 52.1. The zero-order chi connectivity index (χ0) is 27.9. The number of aromatic hydroxyl groups is 1. The number of rotatable bonds is 6. The minimum absolute atomic E-state index is 0.0295. The molecule has 9 rings (SSSR count). The quantitative estimate of drug-likeness (QED) is 0.453. The van der Waals surface area contributed by atoms with E-state index in [1.807, 2.05) is 0 Å². The molecule has 1 saturated carbocycles. The molecule has 0 spiro atoms. The maximum Gasteiger partial charge on any atom is 0.319 e. The standard InChI is InChI=1S/C30H33F3N6O2/c31-17-10-30(6-1-7-38(30)13-17)15-41-29-36-27-22(28(37-29)39-14-18-4-5-19(39)11-34-18)12-35-26(25(27)33)21-8-20(40)9-23(32)24(21)16-2-3-16/h8-9,12,16-19,34,40H,1-7,10-11,13-15H2/t17-,18?,19?,30+/m1/s1. The van der Waals surface area contributed by atoms with Crippen molar-refractivity contribution in [1.29, 1.82) is 0 Å². The molecule has 7 heterocycles. The Morgan fingerprint density at radius 3 is 2.76 bits per heavy atom. The number of anilines is 1. The van der Waals surface area contributed by atoms with E-state index in [1.165, 1.54) is 6.07 Å². The second kappa shape index (κ2) is 9.42. The minimum Gasteiger partial charge on any atom is -0.508 e. The molecule has 5 saturated heterocycles. The number of nitrogens with zero attached hydrogens (tertiary/aromatic N) is 5. The summed E-state index contributed by atoms with van der Waals surface area (Å²) in [4.78, 5) is 18.2. The Morgan fingerprint density at radius 2 is 2.00 bits per heavy atom. The molecule has 0 radical (unpaired) electrons. The number of ether oxygens (including phenoxy) is 1. The molecule has 2 unspecified atom stereocenters. The normalized spacial score (nSPS) is 29.4. The lowest BCUT2D eigenvalue weighted by molar-refractivity contribution is 0.107. The average molecular weight is 567 g/mol. The lowest BCUT2D eigenvalue weighted by Crippen LogP contribution is -2.61. The second-order valence-corrected chi connectivity index (χ2v) is 12.5. The van der Waals surface area contributed by atoms with E-state index in [0.717, 1.165) is 64.2 Å². The Labute approximate surface area is 235 Å². The van der Waals surface area contributed by atoms with Crippen LogP contribution in [-0.2, 0) is 0 Å². The van der Waals surface area contributed by atoms with Crippen LogP contribution in [0.4, 0.5) is 19.0 Å². The van der Waals surface area contributed by atoms with Crippen molar-refractivity contribution in [2.24, 2.45) is 0 Å². The topological polar surface area (TPSA) is 86.6 Å². The summed E-state index contributed by atoms with van der Waals surface area (Å²) in [6, 6.07) is 3.00. The van der Waals surface area contributed by atoms with Crippen LogP contribution in [0.5, 0.6) is 11.8 Å². The molecule has 41 heavy (non-hydrogen) atoms. The third kappa shape index (κ3) is 4.22. The summed E-state index contributed by atoms with van der Waals surface area (Å²) in [5.74, 6) is -1.00. The fraction of sp³-hybridized carbons (Fsp3) is 0.567. The van der Waals surface area contributed by atoms with Gasteiger partial charge < -0.3 is 20.1 Å². The number of halogens is 3. The van der Waals surface area contributed by atoms with E-state index in [2.05, 4.69) is 25.1 Å². The smallest absolute Gasteiger partial charge is 0.319 e. The van der Waals surface area contributed by atoms with Gasteiger partial charge in [0.15, 0.2) is 5.82 Å². The van der Waals surface area contributed by atoms with Crippen LogP contribution in [0.2, 0.25) is 0 Å². The zero-order valence-corrected chi connectivity index (χ0v) is 22.8. The third-order valence-corrected chi connectivity index (χ3v) is 9.85. The van der Waals surface area contributed by atoms with Gasteiger partial charge in [-0.1, -0.05) is 0 Å². The maximum absolute atomic E-state index is 16.5. The molecule has 11 heteroatoms. The molecular weight excluding hydrogens is 533 g/mol. The molecule has 2 bridgehead atoms. The SMILES string of the molecule is Oc1cc(F)c(C2CC2)c(-c2ncc3c(N4CC5CCC4CN5)nc(OC[C@@]45CCCN4C[C@H](F)C5)nc3c2F)c1. The van der Waals surface area contributed by atoms with Gasteiger partial charge in [-0.15, -0.1) is 0 Å². The van der Waals surface area contributed by atoms with Crippen LogP contribution in [0.3, 0.4) is 0 Å². The molecule has 0 amide bonds. The highest BCUT2D eigenvalue weighted by Gasteiger charge is 2.49. The molecule has 1 aliphatic carbocycles. The number of fused-ring (bicyclic) bond motifs is 5. The van der Waals surface area contributed by atoms with E-state index in [0.29, 0.717) is 35.8 Å². The molecule has 216 valence electrons. The molecule has 3 aromatic rings. The van der Waals surface area contributed by atoms with Crippen molar-refractivity contribution in [3.63, 3.8) is 0 Å². The first-order valence-corrected chi connectivity index (χ1v) is 14.8. The van der Waals surface area contributed by atoms with Gasteiger partial charge in [0.25, 0.3) is 0 Å². The summed E-state index contributed by atoms with van der Waals surface area (Å²) >= 11 is 0. The van der Waals surface area contributed by atoms with Gasteiger partial charge in [0.05, 0.1) is 10.9 Å².